The van der Waals surface area contributed by atoms with Crippen LogP contribution in [0, 0.1) is 11.3 Å². The van der Waals surface area contributed by atoms with Crippen LogP contribution in [0.3, 0.4) is 0 Å². The summed E-state index contributed by atoms with van der Waals surface area (Å²) in [6.07, 6.45) is 0. The molecule has 0 radical (unpaired) electrons. The van der Waals surface area contributed by atoms with Crippen molar-refractivity contribution >= 4 is 0 Å². The summed E-state index contributed by atoms with van der Waals surface area (Å²) in [5, 5.41) is 7.12. The van der Waals surface area contributed by atoms with E-state index < -0.39 is 0 Å². The molecule has 0 aromatic rings. The van der Waals surface area contributed by atoms with Gasteiger partial charge in [-0.25, -0.2) is 0 Å². The summed E-state index contributed by atoms with van der Waals surface area (Å²) in [5.74, 6) is 0.728. The first-order chi connectivity index (χ1) is 5.51. The van der Waals surface area contributed by atoms with E-state index in [2.05, 4.69) is 38.3 Å². The summed E-state index contributed by atoms with van der Waals surface area (Å²) in [7, 11) is 0. The predicted molar refractivity (Wildman–Crippen MR) is 53.3 cm³/mol. The molecule has 72 valence electrons. The fourth-order valence-electron chi connectivity index (χ4n) is 1.58. The second-order valence-corrected chi connectivity index (χ2v) is 5.03. The average molecular weight is 170 g/mol. The summed E-state index contributed by atoms with van der Waals surface area (Å²) in [4.78, 5) is 0. The molecule has 1 aliphatic rings. The van der Waals surface area contributed by atoms with Gasteiger partial charge in [-0.05, 0) is 11.3 Å². The van der Waals surface area contributed by atoms with E-state index in [0.29, 0.717) is 11.5 Å². The molecule has 1 fully saturated rings. The Balaban J connectivity index is 2.45. The summed E-state index contributed by atoms with van der Waals surface area (Å²) in [5.41, 5.74) is 0.406. The van der Waals surface area contributed by atoms with E-state index in [1.165, 1.54) is 0 Å². The third kappa shape index (κ3) is 2.76. The number of nitrogens with one attached hydrogen (secondary N) is 2. The molecule has 0 saturated carbocycles. The van der Waals surface area contributed by atoms with Gasteiger partial charge in [-0.3, -0.25) is 0 Å². The smallest absolute Gasteiger partial charge is 0.0215 e. The van der Waals surface area contributed by atoms with Gasteiger partial charge in [0.05, 0.1) is 0 Å². The van der Waals surface area contributed by atoms with E-state index in [1.807, 2.05) is 0 Å². The first kappa shape index (κ1) is 10.0. The molecule has 2 heteroatoms. The van der Waals surface area contributed by atoms with Crippen LogP contribution in [0.2, 0.25) is 0 Å². The molecule has 1 aliphatic heterocycles. The van der Waals surface area contributed by atoms with Crippen molar-refractivity contribution in [3.05, 3.63) is 0 Å². The molecule has 0 aliphatic carbocycles. The summed E-state index contributed by atoms with van der Waals surface area (Å²) >= 11 is 0. The van der Waals surface area contributed by atoms with Gasteiger partial charge < -0.3 is 10.6 Å². The molecular formula is C10H22N2. The SMILES string of the molecule is CC(C)[C@H]1CNCC(C)(C)CN1. The van der Waals surface area contributed by atoms with Gasteiger partial charge in [0.25, 0.3) is 0 Å². The molecule has 2 N–H and O–H groups in total. The first-order valence-electron chi connectivity index (χ1n) is 4.95. The molecular weight excluding hydrogens is 148 g/mol. The molecule has 0 aromatic carbocycles. The monoisotopic (exact) mass is 170 g/mol. The summed E-state index contributed by atoms with van der Waals surface area (Å²) in [6, 6.07) is 0.645. The van der Waals surface area contributed by atoms with Gasteiger partial charge >= 0.3 is 0 Å². The lowest BCUT2D eigenvalue weighted by atomic mass is 9.94. The highest BCUT2D eigenvalue weighted by Crippen LogP contribution is 2.15. The van der Waals surface area contributed by atoms with Crippen LogP contribution in [0.1, 0.15) is 27.7 Å². The van der Waals surface area contributed by atoms with Gasteiger partial charge in [0.15, 0.2) is 0 Å². The van der Waals surface area contributed by atoms with Crippen molar-refractivity contribution in [2.75, 3.05) is 19.6 Å². The van der Waals surface area contributed by atoms with E-state index in [1.54, 1.807) is 0 Å². The zero-order valence-corrected chi connectivity index (χ0v) is 8.78. The average Bonchev–Trinajstić information content (AvgIpc) is 2.10. The standard InChI is InChI=1S/C10H22N2/c1-8(2)9-5-11-6-10(3,4)7-12-9/h8-9,11-12H,5-7H2,1-4H3/t9-/m1/s1. The van der Waals surface area contributed by atoms with E-state index in [4.69, 9.17) is 0 Å². The van der Waals surface area contributed by atoms with Crippen LogP contribution in [-0.4, -0.2) is 25.7 Å². The van der Waals surface area contributed by atoms with Crippen molar-refractivity contribution in [3.63, 3.8) is 0 Å². The maximum absolute atomic E-state index is 3.61. The molecule has 0 aromatic heterocycles. The topological polar surface area (TPSA) is 24.1 Å². The Morgan fingerprint density at radius 1 is 1.25 bits per heavy atom. The van der Waals surface area contributed by atoms with Gasteiger partial charge in [-0.15, -0.1) is 0 Å². The fraction of sp³-hybridized carbons (Fsp3) is 1.00. The highest BCUT2D eigenvalue weighted by atomic mass is 15.0. The Morgan fingerprint density at radius 3 is 2.50 bits per heavy atom. The predicted octanol–water partition coefficient (Wildman–Crippen LogP) is 1.23. The van der Waals surface area contributed by atoms with Crippen LogP contribution in [0.5, 0.6) is 0 Å². The molecule has 12 heavy (non-hydrogen) atoms. The Hall–Kier alpha value is -0.0800. The van der Waals surface area contributed by atoms with E-state index in [-0.39, 0.29) is 0 Å². The molecule has 1 heterocycles. The van der Waals surface area contributed by atoms with E-state index in [0.717, 1.165) is 25.6 Å². The number of rotatable bonds is 1. The molecule has 1 atom stereocenters. The molecule has 0 spiro atoms. The second-order valence-electron chi connectivity index (χ2n) is 5.03. The van der Waals surface area contributed by atoms with E-state index >= 15 is 0 Å². The van der Waals surface area contributed by atoms with Crippen molar-refractivity contribution in [1.82, 2.24) is 10.6 Å². The zero-order chi connectivity index (χ0) is 9.19. The molecule has 0 amide bonds. The van der Waals surface area contributed by atoms with E-state index in [9.17, 15) is 0 Å². The maximum atomic E-state index is 3.61. The minimum Gasteiger partial charge on any atom is -0.315 e. The zero-order valence-electron chi connectivity index (χ0n) is 8.78. The van der Waals surface area contributed by atoms with Gasteiger partial charge in [-0.1, -0.05) is 27.7 Å². The van der Waals surface area contributed by atoms with Crippen molar-refractivity contribution in [3.8, 4) is 0 Å². The van der Waals surface area contributed by atoms with Crippen LogP contribution >= 0.6 is 0 Å². The lowest BCUT2D eigenvalue weighted by molar-refractivity contribution is 0.337. The van der Waals surface area contributed by atoms with Crippen LogP contribution in [0.25, 0.3) is 0 Å². The minimum absolute atomic E-state index is 0.406. The Kier molecular flexibility index (Phi) is 3.13. The van der Waals surface area contributed by atoms with Gasteiger partial charge in [0.1, 0.15) is 0 Å². The lowest BCUT2D eigenvalue weighted by Gasteiger charge is -2.23. The highest BCUT2D eigenvalue weighted by Gasteiger charge is 2.24. The number of hydrogen-bond donors (Lipinski definition) is 2. The third-order valence-corrected chi connectivity index (χ3v) is 2.62. The fourth-order valence-corrected chi connectivity index (χ4v) is 1.58. The molecule has 0 bridgehead atoms. The lowest BCUT2D eigenvalue weighted by Crippen LogP contribution is -2.40. The third-order valence-electron chi connectivity index (χ3n) is 2.62. The summed E-state index contributed by atoms with van der Waals surface area (Å²) < 4.78 is 0. The maximum Gasteiger partial charge on any atom is 0.0215 e. The van der Waals surface area contributed by atoms with Crippen molar-refractivity contribution in [1.29, 1.82) is 0 Å². The molecule has 2 nitrogen and oxygen atoms in total. The number of hydrogen-bond acceptors (Lipinski definition) is 2. The minimum atomic E-state index is 0.406. The van der Waals surface area contributed by atoms with Crippen LogP contribution in [0.15, 0.2) is 0 Å². The van der Waals surface area contributed by atoms with Crippen LogP contribution < -0.4 is 10.6 Å². The van der Waals surface area contributed by atoms with Crippen molar-refractivity contribution in [2.24, 2.45) is 11.3 Å². The van der Waals surface area contributed by atoms with Crippen molar-refractivity contribution in [2.45, 2.75) is 33.7 Å². The van der Waals surface area contributed by atoms with Crippen LogP contribution in [0.4, 0.5) is 0 Å². The molecule has 0 unspecified atom stereocenters. The van der Waals surface area contributed by atoms with Gasteiger partial charge in [-0.2, -0.15) is 0 Å². The quantitative estimate of drug-likeness (QED) is 0.618. The van der Waals surface area contributed by atoms with Crippen molar-refractivity contribution < 1.29 is 0 Å². The first-order valence-corrected chi connectivity index (χ1v) is 4.95. The van der Waals surface area contributed by atoms with Gasteiger partial charge in [0.2, 0.25) is 0 Å². The largest absolute Gasteiger partial charge is 0.315 e. The Bertz CT molecular complexity index is 141. The Morgan fingerprint density at radius 2 is 1.92 bits per heavy atom. The van der Waals surface area contributed by atoms with Crippen LogP contribution in [-0.2, 0) is 0 Å². The van der Waals surface area contributed by atoms with Gasteiger partial charge in [0, 0.05) is 25.7 Å². The Labute approximate surface area is 76.1 Å². The second kappa shape index (κ2) is 3.75. The normalized spacial score (nSPS) is 30.2. The molecule has 1 saturated heterocycles. The molecule has 1 rings (SSSR count). The summed E-state index contributed by atoms with van der Waals surface area (Å²) in [6.45, 7) is 12.5. The highest BCUT2D eigenvalue weighted by molar-refractivity contribution is 4.84.